The lowest BCUT2D eigenvalue weighted by Gasteiger charge is -2.13. The minimum Gasteiger partial charge on any atom is -0.348 e. The van der Waals surface area contributed by atoms with Gasteiger partial charge in [0.05, 0.1) is 23.2 Å². The average molecular weight is 340 g/mol. The second-order valence-corrected chi connectivity index (χ2v) is 7.07. The smallest absolute Gasteiger partial charge is 0.225 e. The van der Waals surface area contributed by atoms with E-state index < -0.39 is 0 Å². The van der Waals surface area contributed by atoms with Crippen molar-refractivity contribution in [1.29, 1.82) is 0 Å². The third-order valence-corrected chi connectivity index (χ3v) is 5.01. The molecule has 0 aliphatic heterocycles. The maximum atomic E-state index is 12.4. The second kappa shape index (κ2) is 7.09. The van der Waals surface area contributed by atoms with Gasteiger partial charge in [0, 0.05) is 17.4 Å². The van der Waals surface area contributed by atoms with Gasteiger partial charge < -0.3 is 5.32 Å². The van der Waals surface area contributed by atoms with E-state index in [0.29, 0.717) is 18.4 Å². The number of benzene rings is 1. The lowest BCUT2D eigenvalue weighted by Crippen LogP contribution is -2.27. The molecule has 1 aliphatic carbocycles. The van der Waals surface area contributed by atoms with Gasteiger partial charge in [0.15, 0.2) is 5.78 Å². The highest BCUT2D eigenvalue weighted by Crippen LogP contribution is 2.33. The van der Waals surface area contributed by atoms with Gasteiger partial charge in [-0.15, -0.1) is 11.3 Å². The van der Waals surface area contributed by atoms with Crippen LogP contribution in [-0.2, 0) is 9.59 Å². The van der Waals surface area contributed by atoms with Crippen LogP contribution >= 0.6 is 11.3 Å². The van der Waals surface area contributed by atoms with E-state index in [4.69, 9.17) is 0 Å². The number of aromatic nitrogens is 1. The fourth-order valence-corrected chi connectivity index (χ4v) is 3.68. The van der Waals surface area contributed by atoms with Gasteiger partial charge in [0.2, 0.25) is 5.91 Å². The van der Waals surface area contributed by atoms with Crippen LogP contribution < -0.4 is 5.32 Å². The van der Waals surface area contributed by atoms with E-state index in [1.165, 1.54) is 0 Å². The third kappa shape index (κ3) is 3.62. The maximum Gasteiger partial charge on any atom is 0.225 e. The van der Waals surface area contributed by atoms with Crippen molar-refractivity contribution in [2.45, 2.75) is 39.2 Å². The first kappa shape index (κ1) is 16.6. The molecule has 1 N–H and O–H groups in total. The van der Waals surface area contributed by atoms with Gasteiger partial charge in [-0.05, 0) is 31.4 Å². The van der Waals surface area contributed by atoms with Crippen molar-refractivity contribution in [1.82, 2.24) is 10.3 Å². The first-order valence-electron chi connectivity index (χ1n) is 8.06. The molecule has 0 bridgehead atoms. The molecule has 1 heterocycles. The Morgan fingerprint density at radius 3 is 2.71 bits per heavy atom. The Morgan fingerprint density at radius 1 is 1.29 bits per heavy atom. The molecule has 0 saturated carbocycles. The van der Waals surface area contributed by atoms with Gasteiger partial charge in [-0.25, -0.2) is 4.98 Å². The predicted octanol–water partition coefficient (Wildman–Crippen LogP) is 3.84. The Labute approximate surface area is 145 Å². The molecule has 1 amide bonds. The molecule has 0 spiro atoms. The number of thiazole rings is 1. The van der Waals surface area contributed by atoms with Gasteiger partial charge >= 0.3 is 0 Å². The van der Waals surface area contributed by atoms with E-state index in [1.807, 2.05) is 49.6 Å². The summed E-state index contributed by atoms with van der Waals surface area (Å²) in [5.41, 5.74) is 3.56. The Balaban J connectivity index is 1.73. The third-order valence-electron chi connectivity index (χ3n) is 4.22. The molecule has 0 saturated heterocycles. The van der Waals surface area contributed by atoms with Crippen LogP contribution in [0.4, 0.5) is 0 Å². The highest BCUT2D eigenvalue weighted by Gasteiger charge is 2.26. The van der Waals surface area contributed by atoms with E-state index in [-0.39, 0.29) is 24.2 Å². The number of rotatable bonds is 5. The van der Waals surface area contributed by atoms with Crippen molar-refractivity contribution in [3.63, 3.8) is 0 Å². The highest BCUT2D eigenvalue weighted by atomic mass is 32.1. The summed E-state index contributed by atoms with van der Waals surface area (Å²) < 4.78 is 0. The Bertz CT molecular complexity index is 793. The normalized spacial score (nSPS) is 15.7. The number of carbonyl (C=O) groups excluding carboxylic acids is 2. The first-order chi connectivity index (χ1) is 11.5. The molecule has 1 unspecified atom stereocenters. The first-order valence-corrected chi connectivity index (χ1v) is 8.94. The maximum absolute atomic E-state index is 12.4. The minimum absolute atomic E-state index is 0.0844. The van der Waals surface area contributed by atoms with E-state index >= 15 is 0 Å². The summed E-state index contributed by atoms with van der Waals surface area (Å²) in [5.74, 6) is -0.0482. The summed E-state index contributed by atoms with van der Waals surface area (Å²) in [7, 11) is 0. The molecule has 2 aromatic rings. The summed E-state index contributed by atoms with van der Waals surface area (Å²) in [6.45, 7) is 3.85. The van der Waals surface area contributed by atoms with Crippen molar-refractivity contribution >= 4 is 28.6 Å². The van der Waals surface area contributed by atoms with Gasteiger partial charge in [-0.1, -0.05) is 30.3 Å². The van der Waals surface area contributed by atoms with Crippen LogP contribution in [0.2, 0.25) is 0 Å². The molecule has 1 atom stereocenters. The molecule has 1 aromatic carbocycles. The van der Waals surface area contributed by atoms with Crippen LogP contribution in [0.3, 0.4) is 0 Å². The quantitative estimate of drug-likeness (QED) is 0.900. The molecule has 5 heteroatoms. The minimum atomic E-state index is -0.153. The monoisotopic (exact) mass is 340 g/mol. The predicted molar refractivity (Wildman–Crippen MR) is 95.6 cm³/mol. The Kier molecular flexibility index (Phi) is 4.90. The van der Waals surface area contributed by atoms with Crippen LogP contribution in [-0.4, -0.2) is 16.7 Å². The molecule has 0 radical (unpaired) electrons. The number of Topliss-reactive ketones (excluding diaryl/α,β-unsaturated/α-hetero) is 1. The molecular formula is C19H20N2O2S. The molecule has 124 valence electrons. The molecular weight excluding hydrogens is 320 g/mol. The largest absolute Gasteiger partial charge is 0.348 e. The van der Waals surface area contributed by atoms with E-state index in [0.717, 1.165) is 21.8 Å². The number of nitrogens with zero attached hydrogens (tertiary/aromatic N) is 1. The number of nitrogens with one attached hydrogen (secondary N) is 1. The summed E-state index contributed by atoms with van der Waals surface area (Å²) in [6, 6.07) is 9.69. The standard InChI is InChI=1S/C19H20N2O2S/c1-12(17-11-24-13(2)21-17)20-19(23)10-16-15(8-9-18(16)22)14-6-4-3-5-7-14/h3-7,11-12H,8-10H2,1-2H3,(H,20,23). The fraction of sp³-hybridized carbons (Fsp3) is 0.316. The number of aryl methyl sites for hydroxylation is 1. The number of amides is 1. The molecule has 1 aliphatic rings. The molecule has 4 nitrogen and oxygen atoms in total. The Morgan fingerprint density at radius 2 is 2.04 bits per heavy atom. The van der Waals surface area contributed by atoms with Gasteiger partial charge in [0.25, 0.3) is 0 Å². The molecule has 3 rings (SSSR count). The number of allylic oxidation sites excluding steroid dienone is 1. The zero-order valence-corrected chi connectivity index (χ0v) is 14.7. The molecule has 0 fully saturated rings. The van der Waals surface area contributed by atoms with Crippen LogP contribution in [0.25, 0.3) is 5.57 Å². The summed E-state index contributed by atoms with van der Waals surface area (Å²) in [5, 5.41) is 5.88. The van der Waals surface area contributed by atoms with E-state index in [2.05, 4.69) is 10.3 Å². The van der Waals surface area contributed by atoms with Gasteiger partial charge in [-0.2, -0.15) is 0 Å². The number of ketones is 1. The molecule has 1 aromatic heterocycles. The van der Waals surface area contributed by atoms with Crippen molar-refractivity contribution in [3.8, 4) is 0 Å². The topological polar surface area (TPSA) is 59.1 Å². The average Bonchev–Trinajstić information content (AvgIpc) is 3.15. The van der Waals surface area contributed by atoms with Crippen molar-refractivity contribution < 1.29 is 9.59 Å². The van der Waals surface area contributed by atoms with Crippen molar-refractivity contribution in [2.75, 3.05) is 0 Å². The summed E-state index contributed by atoms with van der Waals surface area (Å²) in [4.78, 5) is 29.0. The van der Waals surface area contributed by atoms with Gasteiger partial charge in [0.1, 0.15) is 0 Å². The zero-order valence-electron chi connectivity index (χ0n) is 13.8. The van der Waals surface area contributed by atoms with Crippen molar-refractivity contribution in [2.24, 2.45) is 0 Å². The van der Waals surface area contributed by atoms with Crippen molar-refractivity contribution in [3.05, 3.63) is 57.6 Å². The SMILES string of the molecule is Cc1nc(C(C)NC(=O)CC2=C(c3ccccc3)CCC2=O)cs1. The summed E-state index contributed by atoms with van der Waals surface area (Å²) in [6.07, 6.45) is 1.34. The van der Waals surface area contributed by atoms with E-state index in [1.54, 1.807) is 11.3 Å². The number of hydrogen-bond acceptors (Lipinski definition) is 4. The highest BCUT2D eigenvalue weighted by molar-refractivity contribution is 7.09. The second-order valence-electron chi connectivity index (χ2n) is 6.00. The fourth-order valence-electron chi connectivity index (χ4n) is 2.98. The van der Waals surface area contributed by atoms with Crippen LogP contribution in [0, 0.1) is 6.92 Å². The van der Waals surface area contributed by atoms with Crippen LogP contribution in [0.1, 0.15) is 48.5 Å². The van der Waals surface area contributed by atoms with Crippen LogP contribution in [0.5, 0.6) is 0 Å². The molecule has 24 heavy (non-hydrogen) atoms. The van der Waals surface area contributed by atoms with Gasteiger partial charge in [-0.3, -0.25) is 9.59 Å². The number of carbonyl (C=O) groups is 2. The lowest BCUT2D eigenvalue weighted by atomic mass is 10.00. The van der Waals surface area contributed by atoms with Crippen LogP contribution in [0.15, 0.2) is 41.3 Å². The number of hydrogen-bond donors (Lipinski definition) is 1. The van der Waals surface area contributed by atoms with E-state index in [9.17, 15) is 9.59 Å². The Hall–Kier alpha value is -2.27. The lowest BCUT2D eigenvalue weighted by molar-refractivity contribution is -0.122. The summed E-state index contributed by atoms with van der Waals surface area (Å²) >= 11 is 1.56. The zero-order chi connectivity index (χ0) is 17.1.